The predicted octanol–water partition coefficient (Wildman–Crippen LogP) is 6.67. The zero-order valence-electron chi connectivity index (χ0n) is 17.3. The van der Waals surface area contributed by atoms with Crippen molar-refractivity contribution in [2.45, 2.75) is 105 Å². The third kappa shape index (κ3) is 8.55. The van der Waals surface area contributed by atoms with E-state index in [-0.39, 0.29) is 0 Å². The van der Waals surface area contributed by atoms with E-state index in [1.807, 2.05) is 11.8 Å². The molecule has 24 heavy (non-hydrogen) atoms. The van der Waals surface area contributed by atoms with E-state index in [1.165, 1.54) is 37.8 Å². The number of hydrogen-bond acceptors (Lipinski definition) is 3. The molecule has 0 aliphatic carbocycles. The van der Waals surface area contributed by atoms with E-state index in [2.05, 4.69) is 70.4 Å². The van der Waals surface area contributed by atoms with Crippen LogP contribution in [0.15, 0.2) is 5.03 Å². The van der Waals surface area contributed by atoms with Gasteiger partial charge in [-0.1, -0.05) is 66.0 Å². The van der Waals surface area contributed by atoms with Crippen molar-refractivity contribution in [3.63, 3.8) is 0 Å². The summed E-state index contributed by atoms with van der Waals surface area (Å²) in [5, 5.41) is 9.93. The van der Waals surface area contributed by atoms with Crippen LogP contribution in [0.2, 0.25) is 0 Å². The lowest BCUT2D eigenvalue weighted by Gasteiger charge is -2.23. The first-order valence-corrected chi connectivity index (χ1v) is 10.5. The summed E-state index contributed by atoms with van der Waals surface area (Å²) < 4.78 is 2.11. The molecule has 0 saturated heterocycles. The number of nitrogens with zero attached hydrogens (tertiary/aromatic N) is 3. The predicted molar refractivity (Wildman–Crippen MR) is 107 cm³/mol. The summed E-state index contributed by atoms with van der Waals surface area (Å²) in [4.78, 5) is 0. The highest BCUT2D eigenvalue weighted by atomic mass is 32.2. The maximum atomic E-state index is 4.41. The summed E-state index contributed by atoms with van der Waals surface area (Å²) >= 11 is 1.87. The third-order valence-electron chi connectivity index (χ3n) is 4.27. The Hall–Kier alpha value is -0.510. The fourth-order valence-corrected chi connectivity index (χ4v) is 4.07. The van der Waals surface area contributed by atoms with Crippen LogP contribution in [0.4, 0.5) is 0 Å². The van der Waals surface area contributed by atoms with E-state index in [0.717, 1.165) is 17.2 Å². The first-order chi connectivity index (χ1) is 11.0. The fraction of sp³-hybridized carbons (Fsp3) is 0.900. The second-order valence-electron chi connectivity index (χ2n) is 9.61. The Kier molecular flexibility index (Phi) is 8.31. The maximum absolute atomic E-state index is 4.41. The van der Waals surface area contributed by atoms with E-state index in [9.17, 15) is 0 Å². The van der Waals surface area contributed by atoms with E-state index in [4.69, 9.17) is 0 Å². The highest BCUT2D eigenvalue weighted by molar-refractivity contribution is 7.99. The molecule has 0 radical (unpaired) electrons. The molecule has 140 valence electrons. The average molecular weight is 354 g/mol. The molecule has 0 amide bonds. The third-order valence-corrected chi connectivity index (χ3v) is 5.41. The highest BCUT2D eigenvalue weighted by Gasteiger charge is 2.20. The van der Waals surface area contributed by atoms with Gasteiger partial charge in [0.05, 0.1) is 11.7 Å². The van der Waals surface area contributed by atoms with Gasteiger partial charge in [-0.15, -0.1) is 16.9 Å². The van der Waals surface area contributed by atoms with E-state index in [0.29, 0.717) is 16.9 Å². The van der Waals surface area contributed by atoms with Crippen molar-refractivity contribution in [2.75, 3.05) is 5.75 Å². The van der Waals surface area contributed by atoms with Crippen LogP contribution in [0.25, 0.3) is 0 Å². The summed E-state index contributed by atoms with van der Waals surface area (Å²) in [5.74, 6) is 1.16. The van der Waals surface area contributed by atoms with Gasteiger partial charge in [0.1, 0.15) is 5.03 Å². The monoisotopic (exact) mass is 353 g/mol. The maximum Gasteiger partial charge on any atom is 0.141 e. The van der Waals surface area contributed by atoms with Gasteiger partial charge in [-0.05, 0) is 49.7 Å². The second kappa shape index (κ2) is 9.26. The Morgan fingerprint density at radius 1 is 0.958 bits per heavy atom. The standard InChI is InChI=1S/C20H39N3S/c1-16(15-20(6,7)8)23-17(2)18(21-22-23)24-14-12-10-9-11-13-19(3,4)5/h16H,9-15H2,1-8H3. The van der Waals surface area contributed by atoms with Crippen LogP contribution in [0.3, 0.4) is 0 Å². The SMILES string of the molecule is Cc1c(SCCCCCCC(C)(C)C)nnn1C(C)CC(C)(C)C. The van der Waals surface area contributed by atoms with Gasteiger partial charge in [0.2, 0.25) is 0 Å². The van der Waals surface area contributed by atoms with Gasteiger partial charge < -0.3 is 0 Å². The number of unbranched alkanes of at least 4 members (excludes halogenated alkanes) is 3. The highest BCUT2D eigenvalue weighted by Crippen LogP contribution is 2.30. The molecule has 1 aromatic heterocycles. The minimum absolute atomic E-state index is 0.318. The molecule has 0 aliphatic heterocycles. The van der Waals surface area contributed by atoms with Crippen LogP contribution in [-0.2, 0) is 0 Å². The summed E-state index contributed by atoms with van der Waals surface area (Å²) in [6.45, 7) is 18.2. The molecule has 0 N–H and O–H groups in total. The summed E-state index contributed by atoms with van der Waals surface area (Å²) in [6.07, 6.45) is 7.77. The Morgan fingerprint density at radius 3 is 2.17 bits per heavy atom. The zero-order chi connectivity index (χ0) is 18.4. The molecule has 1 unspecified atom stereocenters. The Balaban J connectivity index is 2.32. The van der Waals surface area contributed by atoms with Crippen molar-refractivity contribution in [1.29, 1.82) is 0 Å². The van der Waals surface area contributed by atoms with Crippen molar-refractivity contribution in [3.05, 3.63) is 5.69 Å². The van der Waals surface area contributed by atoms with Gasteiger partial charge in [0.25, 0.3) is 0 Å². The normalized spacial score (nSPS) is 14.2. The minimum Gasteiger partial charge on any atom is -0.246 e. The zero-order valence-corrected chi connectivity index (χ0v) is 18.1. The Morgan fingerprint density at radius 2 is 1.58 bits per heavy atom. The quantitative estimate of drug-likeness (QED) is 0.367. The van der Waals surface area contributed by atoms with Crippen molar-refractivity contribution >= 4 is 11.8 Å². The van der Waals surface area contributed by atoms with Crippen molar-refractivity contribution < 1.29 is 0 Å². The van der Waals surface area contributed by atoms with E-state index in [1.54, 1.807) is 0 Å². The van der Waals surface area contributed by atoms with Crippen LogP contribution >= 0.6 is 11.8 Å². The molecule has 4 heteroatoms. The number of aromatic nitrogens is 3. The van der Waals surface area contributed by atoms with Crippen molar-refractivity contribution in [2.24, 2.45) is 10.8 Å². The van der Waals surface area contributed by atoms with Crippen LogP contribution in [0.1, 0.15) is 98.7 Å². The molecule has 1 aromatic rings. The van der Waals surface area contributed by atoms with Crippen LogP contribution in [0.5, 0.6) is 0 Å². The van der Waals surface area contributed by atoms with E-state index >= 15 is 0 Å². The van der Waals surface area contributed by atoms with Crippen molar-refractivity contribution in [1.82, 2.24) is 15.0 Å². The molecule has 0 aromatic carbocycles. The smallest absolute Gasteiger partial charge is 0.141 e. The summed E-state index contributed by atoms with van der Waals surface area (Å²) in [7, 11) is 0. The lowest BCUT2D eigenvalue weighted by atomic mass is 9.89. The molecule has 1 heterocycles. The summed E-state index contributed by atoms with van der Waals surface area (Å²) in [5.41, 5.74) is 2.02. The molecule has 0 spiro atoms. The average Bonchev–Trinajstić information content (AvgIpc) is 2.76. The van der Waals surface area contributed by atoms with Gasteiger partial charge in [0.15, 0.2) is 0 Å². The lowest BCUT2D eigenvalue weighted by Crippen LogP contribution is -2.17. The van der Waals surface area contributed by atoms with Crippen molar-refractivity contribution in [3.8, 4) is 0 Å². The van der Waals surface area contributed by atoms with Gasteiger partial charge >= 0.3 is 0 Å². The Labute approximate surface area is 154 Å². The molecule has 0 fully saturated rings. The number of rotatable bonds is 9. The van der Waals surface area contributed by atoms with Crippen LogP contribution in [-0.4, -0.2) is 20.7 Å². The molecule has 0 saturated carbocycles. The Bertz CT molecular complexity index is 480. The number of hydrogen-bond donors (Lipinski definition) is 0. The molecular formula is C20H39N3S. The lowest BCUT2D eigenvalue weighted by molar-refractivity contribution is 0.287. The summed E-state index contributed by atoms with van der Waals surface area (Å²) in [6, 6.07) is 0.407. The largest absolute Gasteiger partial charge is 0.246 e. The van der Waals surface area contributed by atoms with Gasteiger partial charge in [-0.25, -0.2) is 4.68 Å². The molecule has 0 bridgehead atoms. The minimum atomic E-state index is 0.318. The van der Waals surface area contributed by atoms with Gasteiger partial charge in [0, 0.05) is 0 Å². The molecular weight excluding hydrogens is 314 g/mol. The van der Waals surface area contributed by atoms with Gasteiger partial charge in [-0.2, -0.15) is 0 Å². The number of thioether (sulfide) groups is 1. The second-order valence-corrected chi connectivity index (χ2v) is 10.7. The first kappa shape index (κ1) is 21.5. The topological polar surface area (TPSA) is 30.7 Å². The molecule has 1 atom stereocenters. The van der Waals surface area contributed by atoms with E-state index < -0.39 is 0 Å². The van der Waals surface area contributed by atoms with Crippen LogP contribution < -0.4 is 0 Å². The first-order valence-electron chi connectivity index (χ1n) is 9.54. The molecule has 0 aliphatic rings. The molecule has 1 rings (SSSR count). The fourth-order valence-electron chi connectivity index (χ4n) is 3.13. The van der Waals surface area contributed by atoms with Gasteiger partial charge in [-0.3, -0.25) is 0 Å². The molecule has 3 nitrogen and oxygen atoms in total. The van der Waals surface area contributed by atoms with Crippen LogP contribution in [0, 0.1) is 17.8 Å².